The van der Waals surface area contributed by atoms with E-state index in [0.29, 0.717) is 32.2 Å². The van der Waals surface area contributed by atoms with Crippen molar-refractivity contribution in [3.8, 4) is 5.75 Å². The fourth-order valence-corrected chi connectivity index (χ4v) is 2.30. The van der Waals surface area contributed by atoms with Crippen molar-refractivity contribution in [2.75, 3.05) is 47.4 Å². The number of aliphatic imine (C=N–C) groups is 1. The van der Waals surface area contributed by atoms with Crippen LogP contribution in [0.5, 0.6) is 5.75 Å². The van der Waals surface area contributed by atoms with Crippen LogP contribution in [0, 0.1) is 0 Å². The topological polar surface area (TPSA) is 87.2 Å². The summed E-state index contributed by atoms with van der Waals surface area (Å²) in [4.78, 5) is 17.9. The minimum atomic E-state index is -0.483. The molecule has 172 valence electrons. The van der Waals surface area contributed by atoms with Gasteiger partial charge in [-0.3, -0.25) is 4.99 Å². The van der Waals surface area contributed by atoms with Gasteiger partial charge in [-0.25, -0.2) is 4.79 Å². The zero-order chi connectivity index (χ0) is 21.7. The normalized spacial score (nSPS) is 11.5. The molecular formula is C21H38IN5O3. The van der Waals surface area contributed by atoms with Crippen molar-refractivity contribution in [1.82, 2.24) is 20.9 Å². The van der Waals surface area contributed by atoms with Gasteiger partial charge < -0.3 is 30.3 Å². The summed E-state index contributed by atoms with van der Waals surface area (Å²) in [6.45, 7) is 8.92. The van der Waals surface area contributed by atoms with Crippen molar-refractivity contribution in [2.24, 2.45) is 4.99 Å². The summed E-state index contributed by atoms with van der Waals surface area (Å²) in [6.07, 6.45) is 0.363. The van der Waals surface area contributed by atoms with Crippen LogP contribution in [0.15, 0.2) is 29.3 Å². The van der Waals surface area contributed by atoms with Crippen LogP contribution >= 0.6 is 24.0 Å². The number of nitrogens with one attached hydrogen (secondary N) is 3. The van der Waals surface area contributed by atoms with E-state index in [9.17, 15) is 4.79 Å². The molecule has 30 heavy (non-hydrogen) atoms. The van der Waals surface area contributed by atoms with Gasteiger partial charge >= 0.3 is 6.09 Å². The molecule has 1 amide bonds. The molecule has 0 unspecified atom stereocenters. The number of nitrogens with zero attached hydrogens (tertiary/aromatic N) is 2. The van der Waals surface area contributed by atoms with Crippen LogP contribution in [0.3, 0.4) is 0 Å². The maximum absolute atomic E-state index is 11.6. The summed E-state index contributed by atoms with van der Waals surface area (Å²) in [7, 11) is 5.78. The molecule has 1 rings (SSSR count). The number of benzene rings is 1. The van der Waals surface area contributed by atoms with Gasteiger partial charge in [0, 0.05) is 33.2 Å². The first-order chi connectivity index (χ1) is 13.7. The third-order valence-corrected chi connectivity index (χ3v) is 3.70. The van der Waals surface area contributed by atoms with E-state index in [1.54, 1.807) is 7.05 Å². The van der Waals surface area contributed by atoms with Crippen molar-refractivity contribution < 1.29 is 14.3 Å². The molecular weight excluding hydrogens is 497 g/mol. The van der Waals surface area contributed by atoms with E-state index in [2.05, 4.69) is 25.8 Å². The van der Waals surface area contributed by atoms with E-state index in [1.165, 1.54) is 0 Å². The van der Waals surface area contributed by atoms with Crippen molar-refractivity contribution in [3.05, 3.63) is 29.8 Å². The Morgan fingerprint density at radius 1 is 1.13 bits per heavy atom. The van der Waals surface area contributed by atoms with Crippen molar-refractivity contribution in [2.45, 2.75) is 39.3 Å². The van der Waals surface area contributed by atoms with Gasteiger partial charge in [-0.15, -0.1) is 24.0 Å². The number of likely N-dealkylation sites (N-methyl/N-ethyl adjacent to an activating group) is 1. The minimum Gasteiger partial charge on any atom is -0.492 e. The third kappa shape index (κ3) is 14.3. The lowest BCUT2D eigenvalue weighted by Crippen LogP contribution is -2.39. The van der Waals surface area contributed by atoms with Gasteiger partial charge in [0.15, 0.2) is 5.96 Å². The van der Waals surface area contributed by atoms with Gasteiger partial charge in [-0.05, 0) is 59.0 Å². The molecule has 0 spiro atoms. The number of rotatable bonds is 10. The Kier molecular flexibility index (Phi) is 14.2. The van der Waals surface area contributed by atoms with E-state index >= 15 is 0 Å². The monoisotopic (exact) mass is 535 g/mol. The number of halogens is 1. The van der Waals surface area contributed by atoms with Crippen LogP contribution in [-0.4, -0.2) is 69.9 Å². The Balaban J connectivity index is 0.00000841. The number of guanidine groups is 1. The summed E-state index contributed by atoms with van der Waals surface area (Å²) in [5.74, 6) is 1.57. The molecule has 0 radical (unpaired) electrons. The van der Waals surface area contributed by atoms with Crippen LogP contribution in [0.25, 0.3) is 0 Å². The molecule has 3 N–H and O–H groups in total. The molecule has 0 atom stereocenters. The number of alkyl carbamates (subject to hydrolysis) is 1. The standard InChI is InChI=1S/C21H37N5O3.HI/c1-21(2,3)29-20(27)24-12-8-11-23-19(22-4)25-16-17-9-7-10-18(15-17)28-14-13-26(5)6;/h7,9-10,15H,8,11-14,16H2,1-6H3,(H,24,27)(H2,22,23,25);1H. The summed E-state index contributed by atoms with van der Waals surface area (Å²) in [5.41, 5.74) is 0.630. The van der Waals surface area contributed by atoms with E-state index in [-0.39, 0.29) is 24.0 Å². The molecule has 0 bridgehead atoms. The Labute approximate surface area is 198 Å². The SMILES string of the molecule is CN=C(NCCCNC(=O)OC(C)(C)C)NCc1cccc(OCCN(C)C)c1.I. The Morgan fingerprint density at radius 2 is 1.83 bits per heavy atom. The van der Waals surface area contributed by atoms with Gasteiger partial charge in [0.2, 0.25) is 0 Å². The number of hydrogen-bond acceptors (Lipinski definition) is 5. The average molecular weight is 535 g/mol. The van der Waals surface area contributed by atoms with Gasteiger partial charge in [0.05, 0.1) is 0 Å². The first-order valence-electron chi connectivity index (χ1n) is 9.97. The van der Waals surface area contributed by atoms with Crippen molar-refractivity contribution >= 4 is 36.0 Å². The van der Waals surface area contributed by atoms with Crippen LogP contribution in [0.4, 0.5) is 4.79 Å². The highest BCUT2D eigenvalue weighted by molar-refractivity contribution is 14.0. The fraction of sp³-hybridized carbons (Fsp3) is 0.619. The van der Waals surface area contributed by atoms with E-state index in [4.69, 9.17) is 9.47 Å². The summed E-state index contributed by atoms with van der Waals surface area (Å²) < 4.78 is 11.0. The number of ether oxygens (including phenoxy) is 2. The second-order valence-corrected chi connectivity index (χ2v) is 7.93. The first-order valence-corrected chi connectivity index (χ1v) is 9.97. The quantitative estimate of drug-likeness (QED) is 0.185. The Hall–Kier alpha value is -1.75. The molecule has 0 aliphatic carbocycles. The molecule has 0 saturated carbocycles. The lowest BCUT2D eigenvalue weighted by atomic mass is 10.2. The lowest BCUT2D eigenvalue weighted by molar-refractivity contribution is 0.0527. The smallest absolute Gasteiger partial charge is 0.407 e. The first kappa shape index (κ1) is 28.2. The number of hydrogen-bond donors (Lipinski definition) is 3. The molecule has 1 aromatic rings. The van der Waals surface area contributed by atoms with Crippen molar-refractivity contribution in [1.29, 1.82) is 0 Å². The van der Waals surface area contributed by atoms with Gasteiger partial charge in [0.25, 0.3) is 0 Å². The summed E-state index contributed by atoms with van der Waals surface area (Å²) in [6, 6.07) is 8.02. The van der Waals surface area contributed by atoms with Gasteiger partial charge in [-0.1, -0.05) is 12.1 Å². The molecule has 8 nitrogen and oxygen atoms in total. The summed E-state index contributed by atoms with van der Waals surface area (Å²) in [5, 5.41) is 9.25. The van der Waals surface area contributed by atoms with Gasteiger partial charge in [0.1, 0.15) is 18.0 Å². The Morgan fingerprint density at radius 3 is 2.47 bits per heavy atom. The predicted octanol–water partition coefficient (Wildman–Crippen LogP) is 2.82. The fourth-order valence-electron chi connectivity index (χ4n) is 2.30. The molecule has 0 fully saturated rings. The van der Waals surface area contributed by atoms with Crippen molar-refractivity contribution in [3.63, 3.8) is 0 Å². The van der Waals surface area contributed by atoms with E-state index in [1.807, 2.05) is 59.1 Å². The maximum atomic E-state index is 11.6. The molecule has 0 aliphatic rings. The van der Waals surface area contributed by atoms with E-state index < -0.39 is 11.7 Å². The number of carbonyl (C=O) groups excluding carboxylic acids is 1. The Bertz CT molecular complexity index is 648. The molecule has 0 saturated heterocycles. The minimum absolute atomic E-state index is 0. The van der Waals surface area contributed by atoms with Crippen LogP contribution in [0.2, 0.25) is 0 Å². The second-order valence-electron chi connectivity index (χ2n) is 7.93. The molecule has 1 aromatic carbocycles. The molecule has 0 heterocycles. The van der Waals surface area contributed by atoms with Gasteiger partial charge in [-0.2, -0.15) is 0 Å². The summed E-state index contributed by atoms with van der Waals surface area (Å²) >= 11 is 0. The highest BCUT2D eigenvalue weighted by Gasteiger charge is 2.15. The lowest BCUT2D eigenvalue weighted by Gasteiger charge is -2.19. The molecule has 9 heteroatoms. The number of carbonyl (C=O) groups is 1. The zero-order valence-corrected chi connectivity index (χ0v) is 21.4. The highest BCUT2D eigenvalue weighted by Crippen LogP contribution is 2.13. The predicted molar refractivity (Wildman–Crippen MR) is 133 cm³/mol. The van der Waals surface area contributed by atoms with Crippen LogP contribution in [-0.2, 0) is 11.3 Å². The molecule has 0 aromatic heterocycles. The number of amides is 1. The van der Waals surface area contributed by atoms with E-state index in [0.717, 1.165) is 24.3 Å². The third-order valence-electron chi connectivity index (χ3n) is 3.70. The van der Waals surface area contributed by atoms with Crippen LogP contribution < -0.4 is 20.7 Å². The van der Waals surface area contributed by atoms with Crippen LogP contribution in [0.1, 0.15) is 32.8 Å². The average Bonchev–Trinajstić information content (AvgIpc) is 2.62. The highest BCUT2D eigenvalue weighted by atomic mass is 127. The second kappa shape index (κ2) is 15.1. The zero-order valence-electron chi connectivity index (χ0n) is 19.1. The molecule has 0 aliphatic heterocycles. The maximum Gasteiger partial charge on any atom is 0.407 e. The largest absolute Gasteiger partial charge is 0.492 e.